The summed E-state index contributed by atoms with van der Waals surface area (Å²) in [5.41, 5.74) is 0. The molecule has 17 atom stereocenters. The van der Waals surface area contributed by atoms with Crippen LogP contribution in [-0.4, -0.2) is 111 Å². The van der Waals surface area contributed by atoms with Gasteiger partial charge in [0.1, 0.15) is 6.10 Å². The largest absolute Gasteiger partial charge is 0.459 e. The van der Waals surface area contributed by atoms with E-state index < -0.39 is 78.3 Å². The van der Waals surface area contributed by atoms with Gasteiger partial charge >= 0.3 is 5.97 Å². The Hall–Kier alpha value is -1.67. The smallest absolute Gasteiger partial charge is 0.330 e. The van der Waals surface area contributed by atoms with E-state index in [4.69, 9.17) is 18.9 Å². The lowest BCUT2D eigenvalue weighted by molar-refractivity contribution is -0.349. The normalized spacial score (nSPS) is 41.1. The molecule has 0 aromatic heterocycles. The van der Waals surface area contributed by atoms with Crippen LogP contribution < -0.4 is 0 Å². The SMILES string of the molecule is CC[C@@H](O)C[C@@H]1O[C@@]2(CC[C@@H]1C)C[C@@H]1OC(=O)C=C[C@H](C)[C@@H](O)[C@@H](C)[C@H](O)C[C@H](OC)C[C@H](O)[C@H](C)[C@H](O)CCC=CC=C[C@H](CC)CC[C@H](O2)[C@H]1CC[C@H](C)O. The van der Waals surface area contributed by atoms with Gasteiger partial charge in [-0.25, -0.2) is 4.79 Å². The molecule has 57 heavy (non-hydrogen) atoms. The van der Waals surface area contributed by atoms with Crippen molar-refractivity contribution >= 4 is 5.97 Å². The first-order valence-corrected chi connectivity index (χ1v) is 22.2. The predicted molar refractivity (Wildman–Crippen MR) is 222 cm³/mol. The number of carbonyl (C=O) groups excluding carboxylic acids is 1. The van der Waals surface area contributed by atoms with E-state index in [-0.39, 0.29) is 42.8 Å². The third kappa shape index (κ3) is 15.7. The van der Waals surface area contributed by atoms with E-state index >= 15 is 0 Å². The molecule has 11 nitrogen and oxygen atoms in total. The average Bonchev–Trinajstić information content (AvgIpc) is 3.18. The zero-order valence-corrected chi connectivity index (χ0v) is 36.3. The Morgan fingerprint density at radius 3 is 2.23 bits per heavy atom. The second-order valence-electron chi connectivity index (χ2n) is 17.9. The zero-order valence-electron chi connectivity index (χ0n) is 36.3. The van der Waals surface area contributed by atoms with Crippen LogP contribution in [0, 0.1) is 35.5 Å². The summed E-state index contributed by atoms with van der Waals surface area (Å²) in [5, 5.41) is 65.3. The Bertz CT molecular complexity index is 1240. The van der Waals surface area contributed by atoms with Crippen LogP contribution in [0.3, 0.4) is 0 Å². The molecule has 3 heterocycles. The van der Waals surface area contributed by atoms with Crippen molar-refractivity contribution in [2.45, 2.75) is 205 Å². The molecule has 2 bridgehead atoms. The van der Waals surface area contributed by atoms with Gasteiger partial charge in [-0.3, -0.25) is 0 Å². The molecule has 0 unspecified atom stereocenters. The Morgan fingerprint density at radius 1 is 0.877 bits per heavy atom. The number of aliphatic hydroxyl groups excluding tert-OH is 6. The Kier molecular flexibility index (Phi) is 21.4. The predicted octanol–water partition coefficient (Wildman–Crippen LogP) is 6.55. The maximum Gasteiger partial charge on any atom is 0.330 e. The second-order valence-corrected chi connectivity index (χ2v) is 17.9. The van der Waals surface area contributed by atoms with Gasteiger partial charge in [-0.1, -0.05) is 71.9 Å². The monoisotopic (exact) mass is 809 g/mol. The molecule has 0 aromatic rings. The molecule has 3 rings (SSSR count). The highest BCUT2D eigenvalue weighted by Gasteiger charge is 2.52. The van der Waals surface area contributed by atoms with Crippen molar-refractivity contribution in [1.29, 1.82) is 0 Å². The first kappa shape index (κ1) is 49.7. The van der Waals surface area contributed by atoms with Crippen molar-refractivity contribution in [3.05, 3.63) is 36.5 Å². The van der Waals surface area contributed by atoms with Crippen LogP contribution in [0.25, 0.3) is 0 Å². The lowest BCUT2D eigenvalue weighted by Gasteiger charge is -2.52. The molecule has 330 valence electrons. The number of ether oxygens (including phenoxy) is 4. The lowest BCUT2D eigenvalue weighted by atomic mass is 9.77. The van der Waals surface area contributed by atoms with Crippen molar-refractivity contribution in [2.24, 2.45) is 35.5 Å². The number of hydrogen-bond acceptors (Lipinski definition) is 11. The molecule has 0 radical (unpaired) electrons. The van der Waals surface area contributed by atoms with Crippen LogP contribution in [0.1, 0.15) is 138 Å². The van der Waals surface area contributed by atoms with E-state index in [1.165, 1.54) is 13.2 Å². The minimum atomic E-state index is -0.985. The zero-order chi connectivity index (χ0) is 42.3. The standard InChI is InChI=1S/C46H80O11/c1-9-34-15-13-11-12-14-16-38(49)32(6)39(50)26-36(54-8)27-40(51)33(7)45(53)30(4)17-22-44(52)55-43-28-46(24-23-29(3)42(57-46)25-35(48)10-2)56-41(21-19-34)37(43)20-18-31(5)47/h11-13,15,17,22,29-43,45,47-51,53H,9-10,14,16,18-21,23-28H2,1-8H3/t29-,30-,31-,32+,33-,34-,35+,36+,37+,38+,39-,40+,41-,42-,43-,45+,46-/m0/s1. The third-order valence-corrected chi connectivity index (χ3v) is 13.4. The molecular formula is C46H80O11. The summed E-state index contributed by atoms with van der Waals surface area (Å²) in [6.45, 7) is 13.4. The number of methoxy groups -OCH3 is 1. The molecule has 11 heteroatoms. The van der Waals surface area contributed by atoms with E-state index in [1.807, 2.05) is 26.0 Å². The maximum absolute atomic E-state index is 13.7. The molecule has 0 saturated carbocycles. The third-order valence-electron chi connectivity index (χ3n) is 13.4. The number of hydrogen-bond donors (Lipinski definition) is 6. The topological polar surface area (TPSA) is 175 Å². The number of rotatable bonds is 8. The fourth-order valence-corrected chi connectivity index (χ4v) is 8.85. The minimum Gasteiger partial charge on any atom is -0.459 e. The first-order chi connectivity index (χ1) is 27.0. The van der Waals surface area contributed by atoms with Crippen LogP contribution >= 0.6 is 0 Å². The van der Waals surface area contributed by atoms with Crippen LogP contribution in [0.15, 0.2) is 36.5 Å². The fourth-order valence-electron chi connectivity index (χ4n) is 8.85. The quantitative estimate of drug-likeness (QED) is 0.147. The molecule has 0 aliphatic carbocycles. The number of fused-ring (bicyclic) bond motifs is 2. The summed E-state index contributed by atoms with van der Waals surface area (Å²) < 4.78 is 25.8. The molecule has 2 saturated heterocycles. The van der Waals surface area contributed by atoms with Crippen molar-refractivity contribution < 1.29 is 54.4 Å². The van der Waals surface area contributed by atoms with Crippen LogP contribution in [-0.2, 0) is 23.7 Å². The average molecular weight is 809 g/mol. The van der Waals surface area contributed by atoms with Gasteiger partial charge in [0.25, 0.3) is 0 Å². The van der Waals surface area contributed by atoms with Crippen molar-refractivity contribution in [1.82, 2.24) is 0 Å². The van der Waals surface area contributed by atoms with Gasteiger partial charge in [-0.2, -0.15) is 0 Å². The van der Waals surface area contributed by atoms with Crippen LogP contribution in [0.4, 0.5) is 0 Å². The van der Waals surface area contributed by atoms with Crippen LogP contribution in [0.5, 0.6) is 0 Å². The Morgan fingerprint density at radius 2 is 1.58 bits per heavy atom. The summed E-state index contributed by atoms with van der Waals surface area (Å²) in [4.78, 5) is 13.7. The highest BCUT2D eigenvalue weighted by atomic mass is 16.7. The molecule has 0 amide bonds. The van der Waals surface area contributed by atoms with Crippen LogP contribution in [0.2, 0.25) is 0 Å². The number of carbonyl (C=O) groups is 1. The van der Waals surface area contributed by atoms with Gasteiger partial charge in [-0.15, -0.1) is 0 Å². The van der Waals surface area contributed by atoms with Gasteiger partial charge in [-0.05, 0) is 95.8 Å². The molecule has 2 fully saturated rings. The van der Waals surface area contributed by atoms with E-state index in [2.05, 4.69) is 26.0 Å². The van der Waals surface area contributed by atoms with E-state index in [0.29, 0.717) is 57.8 Å². The number of aliphatic hydroxyl groups is 6. The van der Waals surface area contributed by atoms with Gasteiger partial charge in [0.05, 0.1) is 54.9 Å². The number of allylic oxidation sites excluding steroid dienone is 4. The Balaban J connectivity index is 1.97. The van der Waals surface area contributed by atoms with E-state index in [0.717, 1.165) is 19.3 Å². The van der Waals surface area contributed by atoms with Crippen molar-refractivity contribution in [2.75, 3.05) is 7.11 Å². The number of esters is 1. The van der Waals surface area contributed by atoms with Gasteiger partial charge in [0, 0.05) is 49.7 Å². The highest BCUT2D eigenvalue weighted by Crippen LogP contribution is 2.47. The summed E-state index contributed by atoms with van der Waals surface area (Å²) in [7, 11) is 1.53. The van der Waals surface area contributed by atoms with Crippen molar-refractivity contribution in [3.8, 4) is 0 Å². The molecule has 3 aliphatic rings. The summed E-state index contributed by atoms with van der Waals surface area (Å²) in [6.07, 6.45) is 13.2. The Labute approximate surface area is 343 Å². The molecular weight excluding hydrogens is 728 g/mol. The molecule has 6 N–H and O–H groups in total. The van der Waals surface area contributed by atoms with Gasteiger partial charge in [0.2, 0.25) is 0 Å². The highest BCUT2D eigenvalue weighted by molar-refractivity contribution is 5.82. The first-order valence-electron chi connectivity index (χ1n) is 22.2. The van der Waals surface area contributed by atoms with Crippen molar-refractivity contribution in [3.63, 3.8) is 0 Å². The fraction of sp³-hybridized carbons (Fsp3) is 0.848. The maximum atomic E-state index is 13.7. The molecule has 3 aliphatic heterocycles. The summed E-state index contributed by atoms with van der Waals surface area (Å²) >= 11 is 0. The van der Waals surface area contributed by atoms with E-state index in [9.17, 15) is 35.4 Å². The summed E-state index contributed by atoms with van der Waals surface area (Å²) in [6, 6.07) is 0. The molecule has 0 aromatic carbocycles. The lowest BCUT2D eigenvalue weighted by Crippen LogP contribution is -2.58. The van der Waals surface area contributed by atoms with Gasteiger partial charge < -0.3 is 49.6 Å². The van der Waals surface area contributed by atoms with Gasteiger partial charge in [0.15, 0.2) is 5.79 Å². The minimum absolute atomic E-state index is 0.181. The summed E-state index contributed by atoms with van der Waals surface area (Å²) in [5.74, 6) is -2.69. The van der Waals surface area contributed by atoms with E-state index in [1.54, 1.807) is 26.8 Å². The molecule has 1 spiro atoms. The second kappa shape index (κ2) is 24.6.